The molecule has 1 aromatic rings. The van der Waals surface area contributed by atoms with Crippen molar-refractivity contribution in [3.8, 4) is 0 Å². The van der Waals surface area contributed by atoms with Gasteiger partial charge in [0.1, 0.15) is 0 Å². The number of carbonyl (C=O) groups excluding carboxylic acids is 1. The first-order valence-electron chi connectivity index (χ1n) is 7.72. The fourth-order valence-electron chi connectivity index (χ4n) is 2.84. The van der Waals surface area contributed by atoms with E-state index in [-0.39, 0.29) is 11.9 Å². The molecular weight excluding hydrogens is 248 g/mol. The van der Waals surface area contributed by atoms with Gasteiger partial charge < -0.3 is 10.6 Å². The van der Waals surface area contributed by atoms with Crippen molar-refractivity contribution in [2.24, 2.45) is 5.92 Å². The molecule has 1 aliphatic rings. The lowest BCUT2D eigenvalue weighted by Gasteiger charge is -2.22. The second-order valence-electron chi connectivity index (χ2n) is 5.94. The molecule has 3 heteroatoms. The van der Waals surface area contributed by atoms with Crippen molar-refractivity contribution in [3.63, 3.8) is 0 Å². The molecule has 20 heavy (non-hydrogen) atoms. The van der Waals surface area contributed by atoms with Gasteiger partial charge in [-0.2, -0.15) is 0 Å². The Morgan fingerprint density at radius 1 is 1.40 bits per heavy atom. The van der Waals surface area contributed by atoms with Crippen molar-refractivity contribution >= 4 is 5.91 Å². The summed E-state index contributed by atoms with van der Waals surface area (Å²) < 4.78 is 0. The zero-order chi connectivity index (χ0) is 14.4. The third-order valence-corrected chi connectivity index (χ3v) is 4.16. The van der Waals surface area contributed by atoms with Crippen molar-refractivity contribution in [2.45, 2.75) is 45.6 Å². The predicted octanol–water partition coefficient (Wildman–Crippen LogP) is 2.95. The molecule has 1 amide bonds. The first-order chi connectivity index (χ1) is 9.65. The molecule has 1 aliphatic heterocycles. The van der Waals surface area contributed by atoms with Crippen molar-refractivity contribution in [1.82, 2.24) is 10.6 Å². The molecule has 0 saturated carbocycles. The molecule has 1 saturated heterocycles. The van der Waals surface area contributed by atoms with E-state index in [2.05, 4.69) is 42.7 Å². The van der Waals surface area contributed by atoms with E-state index >= 15 is 0 Å². The number of hydrogen-bond donors (Lipinski definition) is 2. The van der Waals surface area contributed by atoms with Gasteiger partial charge in [-0.15, -0.1) is 0 Å². The molecule has 0 radical (unpaired) electrons. The minimum atomic E-state index is 0.0930. The summed E-state index contributed by atoms with van der Waals surface area (Å²) in [5.41, 5.74) is 2.42. The van der Waals surface area contributed by atoms with Crippen LogP contribution in [0.15, 0.2) is 24.3 Å². The standard InChI is InChI=1S/C17H26N2O/c1-13-4-3-5-16(12-13)14(2)19-17(20)7-6-15-8-10-18-11-9-15/h3-5,12,14-15,18H,6-11H2,1-2H3,(H,19,20)/t14-/m0/s1. The predicted molar refractivity (Wildman–Crippen MR) is 82.6 cm³/mol. The van der Waals surface area contributed by atoms with Crippen molar-refractivity contribution in [2.75, 3.05) is 13.1 Å². The SMILES string of the molecule is Cc1cccc([C@H](C)NC(=O)CCC2CCNCC2)c1. The quantitative estimate of drug-likeness (QED) is 0.866. The highest BCUT2D eigenvalue weighted by molar-refractivity contribution is 5.76. The van der Waals surface area contributed by atoms with Crippen LogP contribution in [0.2, 0.25) is 0 Å². The molecule has 0 spiro atoms. The largest absolute Gasteiger partial charge is 0.350 e. The molecule has 3 nitrogen and oxygen atoms in total. The average Bonchev–Trinajstić information content (AvgIpc) is 2.46. The van der Waals surface area contributed by atoms with Crippen LogP contribution >= 0.6 is 0 Å². The van der Waals surface area contributed by atoms with E-state index in [1.165, 1.54) is 24.0 Å². The first kappa shape index (κ1) is 15.0. The van der Waals surface area contributed by atoms with Crippen LogP contribution in [0.25, 0.3) is 0 Å². The molecule has 1 aromatic carbocycles. The molecule has 0 aliphatic carbocycles. The molecule has 1 atom stereocenters. The maximum absolute atomic E-state index is 12.0. The van der Waals surface area contributed by atoms with Gasteiger partial charge >= 0.3 is 0 Å². The van der Waals surface area contributed by atoms with Crippen molar-refractivity contribution < 1.29 is 4.79 Å². The number of piperidine rings is 1. The summed E-state index contributed by atoms with van der Waals surface area (Å²) in [6, 6.07) is 8.43. The van der Waals surface area contributed by atoms with Crippen LogP contribution in [-0.2, 0) is 4.79 Å². The van der Waals surface area contributed by atoms with Gasteiger partial charge in [-0.1, -0.05) is 29.8 Å². The summed E-state index contributed by atoms with van der Waals surface area (Å²) in [5, 5.41) is 6.47. The van der Waals surface area contributed by atoms with E-state index < -0.39 is 0 Å². The molecule has 0 aromatic heterocycles. The zero-order valence-electron chi connectivity index (χ0n) is 12.6. The Hall–Kier alpha value is -1.35. The van der Waals surface area contributed by atoms with Crippen LogP contribution < -0.4 is 10.6 Å². The third kappa shape index (κ3) is 4.64. The Bertz CT molecular complexity index is 438. The minimum absolute atomic E-state index is 0.0930. The van der Waals surface area contributed by atoms with Gasteiger partial charge in [-0.3, -0.25) is 4.79 Å². The fraction of sp³-hybridized carbons (Fsp3) is 0.588. The van der Waals surface area contributed by atoms with E-state index in [4.69, 9.17) is 0 Å². The third-order valence-electron chi connectivity index (χ3n) is 4.16. The van der Waals surface area contributed by atoms with Gasteiger partial charge in [-0.05, 0) is 57.7 Å². The van der Waals surface area contributed by atoms with Gasteiger partial charge in [0.05, 0.1) is 6.04 Å². The molecule has 0 bridgehead atoms. The Morgan fingerprint density at radius 3 is 2.85 bits per heavy atom. The molecule has 2 N–H and O–H groups in total. The zero-order valence-corrected chi connectivity index (χ0v) is 12.6. The Balaban J connectivity index is 1.76. The lowest BCUT2D eigenvalue weighted by molar-refractivity contribution is -0.122. The van der Waals surface area contributed by atoms with Gasteiger partial charge in [0.2, 0.25) is 5.91 Å². The number of rotatable bonds is 5. The lowest BCUT2D eigenvalue weighted by atomic mass is 9.93. The van der Waals surface area contributed by atoms with Gasteiger partial charge in [0, 0.05) is 6.42 Å². The summed E-state index contributed by atoms with van der Waals surface area (Å²) in [7, 11) is 0. The summed E-state index contributed by atoms with van der Waals surface area (Å²) in [6.07, 6.45) is 4.09. The number of benzene rings is 1. The number of nitrogens with one attached hydrogen (secondary N) is 2. The van der Waals surface area contributed by atoms with Crippen LogP contribution in [0, 0.1) is 12.8 Å². The van der Waals surface area contributed by atoms with E-state index in [0.717, 1.165) is 25.4 Å². The van der Waals surface area contributed by atoms with E-state index in [1.807, 2.05) is 6.07 Å². The summed E-state index contributed by atoms with van der Waals surface area (Å²) in [5.74, 6) is 0.897. The summed E-state index contributed by atoms with van der Waals surface area (Å²) in [4.78, 5) is 12.0. The van der Waals surface area contributed by atoms with Gasteiger partial charge in [0.25, 0.3) is 0 Å². The highest BCUT2D eigenvalue weighted by Crippen LogP contribution is 2.18. The number of aryl methyl sites for hydroxylation is 1. The number of carbonyl (C=O) groups is 1. The molecule has 2 rings (SSSR count). The Labute approximate surface area is 122 Å². The summed E-state index contributed by atoms with van der Waals surface area (Å²) >= 11 is 0. The van der Waals surface area contributed by atoms with Crippen molar-refractivity contribution in [1.29, 1.82) is 0 Å². The molecular formula is C17H26N2O. The first-order valence-corrected chi connectivity index (χ1v) is 7.72. The highest BCUT2D eigenvalue weighted by atomic mass is 16.1. The number of hydrogen-bond acceptors (Lipinski definition) is 2. The van der Waals surface area contributed by atoms with Gasteiger partial charge in [-0.25, -0.2) is 0 Å². The maximum atomic E-state index is 12.0. The molecule has 110 valence electrons. The van der Waals surface area contributed by atoms with Crippen LogP contribution in [0.1, 0.15) is 49.8 Å². The normalized spacial score (nSPS) is 17.7. The lowest BCUT2D eigenvalue weighted by Crippen LogP contribution is -2.30. The van der Waals surface area contributed by atoms with E-state index in [9.17, 15) is 4.79 Å². The van der Waals surface area contributed by atoms with E-state index in [1.54, 1.807) is 0 Å². The second-order valence-corrected chi connectivity index (χ2v) is 5.94. The minimum Gasteiger partial charge on any atom is -0.350 e. The van der Waals surface area contributed by atoms with Crippen LogP contribution in [0.5, 0.6) is 0 Å². The molecule has 0 unspecified atom stereocenters. The topological polar surface area (TPSA) is 41.1 Å². The Morgan fingerprint density at radius 2 is 2.15 bits per heavy atom. The van der Waals surface area contributed by atoms with Crippen LogP contribution in [0.3, 0.4) is 0 Å². The smallest absolute Gasteiger partial charge is 0.220 e. The summed E-state index contributed by atoms with van der Waals surface area (Å²) in [6.45, 7) is 6.34. The van der Waals surface area contributed by atoms with Crippen LogP contribution in [0.4, 0.5) is 0 Å². The molecule has 1 fully saturated rings. The average molecular weight is 274 g/mol. The van der Waals surface area contributed by atoms with Gasteiger partial charge in [0.15, 0.2) is 0 Å². The Kier molecular flexibility index (Phi) is 5.60. The number of amides is 1. The maximum Gasteiger partial charge on any atom is 0.220 e. The fourth-order valence-corrected chi connectivity index (χ4v) is 2.84. The monoisotopic (exact) mass is 274 g/mol. The van der Waals surface area contributed by atoms with Crippen LogP contribution in [-0.4, -0.2) is 19.0 Å². The molecule has 1 heterocycles. The van der Waals surface area contributed by atoms with E-state index in [0.29, 0.717) is 6.42 Å². The highest BCUT2D eigenvalue weighted by Gasteiger charge is 2.15. The second kappa shape index (κ2) is 7.44. The van der Waals surface area contributed by atoms with Crippen molar-refractivity contribution in [3.05, 3.63) is 35.4 Å².